The summed E-state index contributed by atoms with van der Waals surface area (Å²) in [7, 11) is 0. The number of benzene rings is 3. The number of carbonyl (C=O) groups excluding carboxylic acids is 2. The van der Waals surface area contributed by atoms with E-state index in [0.29, 0.717) is 23.0 Å². The third kappa shape index (κ3) is 4.08. The minimum Gasteiger partial charge on any atom is -0.334 e. The summed E-state index contributed by atoms with van der Waals surface area (Å²) in [5, 5.41) is 6.91. The molecule has 1 aromatic heterocycles. The van der Waals surface area contributed by atoms with Gasteiger partial charge in [0, 0.05) is 39.6 Å². The van der Waals surface area contributed by atoms with Crippen molar-refractivity contribution in [2.45, 2.75) is 36.6 Å². The van der Waals surface area contributed by atoms with Crippen LogP contribution >= 0.6 is 11.8 Å². The first-order valence-corrected chi connectivity index (χ1v) is 11.7. The molecule has 7 nitrogen and oxygen atoms in total. The Morgan fingerprint density at radius 3 is 2.47 bits per heavy atom. The lowest BCUT2D eigenvalue weighted by Crippen LogP contribution is -2.36. The molecule has 0 fully saturated rings. The summed E-state index contributed by atoms with van der Waals surface area (Å²) in [6.07, 6.45) is 0. The fraction of sp³-hybridized carbons (Fsp3) is 0.154. The Morgan fingerprint density at radius 1 is 1.00 bits per heavy atom. The first-order chi connectivity index (χ1) is 16.4. The first kappa shape index (κ1) is 21.9. The van der Waals surface area contributed by atoms with E-state index in [1.54, 1.807) is 23.9 Å². The highest BCUT2D eigenvalue weighted by molar-refractivity contribution is 7.99. The van der Waals surface area contributed by atoms with Gasteiger partial charge in [0.2, 0.25) is 11.7 Å². The summed E-state index contributed by atoms with van der Waals surface area (Å²) in [5.74, 6) is 0.712. The predicted molar refractivity (Wildman–Crippen MR) is 132 cm³/mol. The first-order valence-electron chi connectivity index (χ1n) is 10.9. The molecule has 34 heavy (non-hydrogen) atoms. The average Bonchev–Trinajstić information content (AvgIpc) is 3.26. The monoisotopic (exact) mass is 470 g/mol. The molecule has 0 atom stereocenters. The largest absolute Gasteiger partial charge is 0.334 e. The summed E-state index contributed by atoms with van der Waals surface area (Å²) in [5.41, 5.74) is 3.81. The predicted octanol–water partition coefficient (Wildman–Crippen LogP) is 5.88. The van der Waals surface area contributed by atoms with E-state index in [0.717, 1.165) is 26.6 Å². The Labute approximate surface area is 201 Å². The van der Waals surface area contributed by atoms with E-state index in [1.807, 2.05) is 73.3 Å². The van der Waals surface area contributed by atoms with E-state index in [9.17, 15) is 9.59 Å². The van der Waals surface area contributed by atoms with Crippen LogP contribution in [0, 0.1) is 0 Å². The van der Waals surface area contributed by atoms with Gasteiger partial charge in [-0.1, -0.05) is 29.1 Å². The number of fused-ring (bicyclic) bond motifs is 2. The van der Waals surface area contributed by atoms with Crippen molar-refractivity contribution < 1.29 is 14.1 Å². The van der Waals surface area contributed by atoms with Gasteiger partial charge >= 0.3 is 0 Å². The molecule has 0 saturated heterocycles. The molecular formula is C26H22N4O3S. The lowest BCUT2D eigenvalue weighted by molar-refractivity contribution is -0.114. The molecule has 5 rings (SSSR count). The van der Waals surface area contributed by atoms with Crippen molar-refractivity contribution in [3.05, 3.63) is 72.3 Å². The van der Waals surface area contributed by atoms with Crippen LogP contribution in [0.2, 0.25) is 0 Å². The molecule has 4 aromatic rings. The van der Waals surface area contributed by atoms with Crippen molar-refractivity contribution in [1.29, 1.82) is 0 Å². The van der Waals surface area contributed by atoms with Crippen LogP contribution < -0.4 is 10.2 Å². The van der Waals surface area contributed by atoms with Crippen molar-refractivity contribution in [2.24, 2.45) is 0 Å². The van der Waals surface area contributed by atoms with Gasteiger partial charge in [0.25, 0.3) is 11.8 Å². The molecule has 0 spiro atoms. The maximum Gasteiger partial charge on any atom is 0.259 e. The van der Waals surface area contributed by atoms with Crippen LogP contribution in [0.4, 0.5) is 11.4 Å². The summed E-state index contributed by atoms with van der Waals surface area (Å²) in [6.45, 7) is 5.49. The number of nitrogens with one attached hydrogen (secondary N) is 1. The average molecular weight is 471 g/mol. The fourth-order valence-corrected chi connectivity index (χ4v) is 5.00. The number of hydrogen-bond donors (Lipinski definition) is 1. The van der Waals surface area contributed by atoms with Crippen LogP contribution in [0.1, 0.15) is 31.1 Å². The van der Waals surface area contributed by atoms with Crippen LogP contribution in [-0.2, 0) is 4.79 Å². The van der Waals surface area contributed by atoms with E-state index in [1.165, 1.54) is 6.92 Å². The van der Waals surface area contributed by atoms with Crippen molar-refractivity contribution in [1.82, 2.24) is 10.1 Å². The highest BCUT2D eigenvalue weighted by atomic mass is 32.2. The number of hydrogen-bond acceptors (Lipinski definition) is 6. The zero-order valence-electron chi connectivity index (χ0n) is 18.9. The van der Waals surface area contributed by atoms with Crippen LogP contribution in [-0.4, -0.2) is 28.0 Å². The molecule has 2 amide bonds. The SMILES string of the molecule is CC(=O)Nc1ccc(-c2nc(-c3ccc4c(c3)Sc3ccccc3C(=O)N4C(C)C)no2)cc1. The van der Waals surface area contributed by atoms with Crippen molar-refractivity contribution in [3.63, 3.8) is 0 Å². The minimum absolute atomic E-state index is 0.00102. The van der Waals surface area contributed by atoms with Gasteiger partial charge in [-0.2, -0.15) is 4.98 Å². The molecule has 1 aliphatic rings. The second-order valence-electron chi connectivity index (χ2n) is 8.23. The van der Waals surface area contributed by atoms with Gasteiger partial charge < -0.3 is 14.7 Å². The molecule has 8 heteroatoms. The normalized spacial score (nSPS) is 12.8. The van der Waals surface area contributed by atoms with Gasteiger partial charge in [-0.15, -0.1) is 0 Å². The third-order valence-electron chi connectivity index (χ3n) is 5.43. The smallest absolute Gasteiger partial charge is 0.259 e. The zero-order valence-corrected chi connectivity index (χ0v) is 19.7. The maximum atomic E-state index is 13.3. The molecule has 0 radical (unpaired) electrons. The van der Waals surface area contributed by atoms with Gasteiger partial charge in [0.15, 0.2) is 0 Å². The van der Waals surface area contributed by atoms with Crippen LogP contribution in [0.5, 0.6) is 0 Å². The molecule has 0 unspecified atom stereocenters. The standard InChI is InChI=1S/C26H22N4O3S/c1-15(2)30-21-13-10-18(14-23(21)34-22-7-5-4-6-20(22)26(30)32)24-28-25(33-29-24)17-8-11-19(12-9-17)27-16(3)31/h4-15H,1-3H3,(H,27,31). The van der Waals surface area contributed by atoms with E-state index < -0.39 is 0 Å². The molecule has 170 valence electrons. The van der Waals surface area contributed by atoms with Crippen molar-refractivity contribution in [3.8, 4) is 22.8 Å². The Hall–Kier alpha value is -3.91. The number of rotatable bonds is 4. The Bertz CT molecular complexity index is 1400. The van der Waals surface area contributed by atoms with Crippen molar-refractivity contribution in [2.75, 3.05) is 10.2 Å². The van der Waals surface area contributed by atoms with Crippen LogP contribution in [0.25, 0.3) is 22.8 Å². The molecule has 1 aliphatic heterocycles. The minimum atomic E-state index is -0.130. The molecule has 0 aliphatic carbocycles. The molecular weight excluding hydrogens is 448 g/mol. The summed E-state index contributed by atoms with van der Waals surface area (Å²) in [6, 6.07) is 20.7. The summed E-state index contributed by atoms with van der Waals surface area (Å²) < 4.78 is 5.51. The highest BCUT2D eigenvalue weighted by Gasteiger charge is 2.29. The summed E-state index contributed by atoms with van der Waals surface area (Å²) >= 11 is 1.56. The van der Waals surface area contributed by atoms with Gasteiger partial charge in [0.05, 0.1) is 11.3 Å². The number of aromatic nitrogens is 2. The van der Waals surface area contributed by atoms with Crippen LogP contribution in [0.15, 0.2) is 81.0 Å². The molecule has 2 heterocycles. The number of nitrogens with zero attached hydrogens (tertiary/aromatic N) is 3. The quantitative estimate of drug-likeness (QED) is 0.401. The van der Waals surface area contributed by atoms with Gasteiger partial charge in [0.1, 0.15) is 0 Å². The second-order valence-corrected chi connectivity index (χ2v) is 9.32. The highest BCUT2D eigenvalue weighted by Crippen LogP contribution is 2.43. The molecule has 0 saturated carbocycles. The summed E-state index contributed by atoms with van der Waals surface area (Å²) in [4.78, 5) is 32.8. The van der Waals surface area contributed by atoms with Gasteiger partial charge in [-0.25, -0.2) is 0 Å². The maximum absolute atomic E-state index is 13.3. The Morgan fingerprint density at radius 2 is 1.74 bits per heavy atom. The van der Waals surface area contributed by atoms with Crippen LogP contribution in [0.3, 0.4) is 0 Å². The van der Waals surface area contributed by atoms with Gasteiger partial charge in [-0.3, -0.25) is 9.59 Å². The van der Waals surface area contributed by atoms with Gasteiger partial charge in [-0.05, 0) is 68.4 Å². The zero-order chi connectivity index (χ0) is 23.8. The van der Waals surface area contributed by atoms with E-state index in [2.05, 4.69) is 15.5 Å². The lowest BCUT2D eigenvalue weighted by Gasteiger charge is -2.27. The number of anilines is 2. The number of amides is 2. The topological polar surface area (TPSA) is 88.3 Å². The Kier molecular flexibility index (Phi) is 5.67. The second kappa shape index (κ2) is 8.79. The molecule has 0 bridgehead atoms. The van der Waals surface area contributed by atoms with E-state index >= 15 is 0 Å². The van der Waals surface area contributed by atoms with E-state index in [-0.39, 0.29) is 17.9 Å². The fourth-order valence-electron chi connectivity index (χ4n) is 3.89. The third-order valence-corrected chi connectivity index (χ3v) is 6.55. The number of carbonyl (C=O) groups is 2. The lowest BCUT2D eigenvalue weighted by atomic mass is 10.1. The Balaban J connectivity index is 1.50. The van der Waals surface area contributed by atoms with Crippen molar-refractivity contribution >= 4 is 35.0 Å². The molecule has 3 aromatic carbocycles. The van der Waals surface area contributed by atoms with E-state index in [4.69, 9.17) is 4.52 Å². The molecule has 1 N–H and O–H groups in total.